The third-order valence-corrected chi connectivity index (χ3v) is 3.13. The maximum Gasteiger partial charge on any atom is 0.245 e. The van der Waals surface area contributed by atoms with E-state index in [1.807, 2.05) is 13.0 Å². The summed E-state index contributed by atoms with van der Waals surface area (Å²) in [4.78, 5) is 25.7. The minimum absolute atomic E-state index is 0.198. The largest absolute Gasteiger partial charge is 0.377 e. The molecule has 2 unspecified atom stereocenters. The number of carbonyl (C=O) groups is 2. The van der Waals surface area contributed by atoms with Gasteiger partial charge in [-0.2, -0.15) is 5.26 Å². The summed E-state index contributed by atoms with van der Waals surface area (Å²) in [6.07, 6.45) is 1.29. The first kappa shape index (κ1) is 15.4. The summed E-state index contributed by atoms with van der Waals surface area (Å²) in [5.74, 6) is -1.16. The lowest BCUT2D eigenvalue weighted by molar-refractivity contribution is -0.150. The molecule has 0 aliphatic carbocycles. The number of ether oxygens (including phenoxy) is 1. The number of hydrogen-bond acceptors (Lipinski definition) is 4. The van der Waals surface area contributed by atoms with Crippen LogP contribution in [-0.2, 0) is 14.3 Å². The van der Waals surface area contributed by atoms with Gasteiger partial charge >= 0.3 is 0 Å². The fourth-order valence-corrected chi connectivity index (χ4v) is 1.97. The van der Waals surface area contributed by atoms with Crippen LogP contribution in [0.1, 0.15) is 26.7 Å². The van der Waals surface area contributed by atoms with Crippen LogP contribution in [0.5, 0.6) is 0 Å². The molecule has 2 atom stereocenters. The molecule has 1 fully saturated rings. The lowest BCUT2D eigenvalue weighted by atomic mass is 10.0. The van der Waals surface area contributed by atoms with Gasteiger partial charge in [0.15, 0.2) is 0 Å². The second kappa shape index (κ2) is 7.74. The van der Waals surface area contributed by atoms with E-state index in [9.17, 15) is 9.59 Å². The molecule has 1 aliphatic heterocycles. The Kier molecular flexibility index (Phi) is 6.30. The summed E-state index contributed by atoms with van der Waals surface area (Å²) in [7, 11) is 0. The van der Waals surface area contributed by atoms with Gasteiger partial charge in [0.2, 0.25) is 11.8 Å². The molecule has 0 spiro atoms. The van der Waals surface area contributed by atoms with E-state index in [2.05, 4.69) is 5.32 Å². The van der Waals surface area contributed by atoms with Gasteiger partial charge in [-0.1, -0.05) is 13.8 Å². The fourth-order valence-electron chi connectivity index (χ4n) is 1.97. The first-order valence-electron chi connectivity index (χ1n) is 6.71. The van der Waals surface area contributed by atoms with E-state index >= 15 is 0 Å². The Balaban J connectivity index is 2.74. The van der Waals surface area contributed by atoms with Crippen molar-refractivity contribution in [3.05, 3.63) is 0 Å². The summed E-state index contributed by atoms with van der Waals surface area (Å²) >= 11 is 0. The van der Waals surface area contributed by atoms with Crippen LogP contribution in [0.25, 0.3) is 0 Å². The normalized spacial score (nSPS) is 20.5. The van der Waals surface area contributed by atoms with Crippen molar-refractivity contribution in [3.63, 3.8) is 0 Å². The average Bonchev–Trinajstić information content (AvgIpc) is 2.45. The van der Waals surface area contributed by atoms with Gasteiger partial charge in [-0.05, 0) is 12.8 Å². The Morgan fingerprint density at radius 1 is 1.53 bits per heavy atom. The van der Waals surface area contributed by atoms with E-state index in [1.165, 1.54) is 4.90 Å². The summed E-state index contributed by atoms with van der Waals surface area (Å²) in [6, 6.07) is 1.37. The topological polar surface area (TPSA) is 82.4 Å². The molecule has 1 rings (SSSR count). The number of nitrogens with zero attached hydrogens (tertiary/aromatic N) is 2. The number of amides is 2. The van der Waals surface area contributed by atoms with Crippen molar-refractivity contribution in [1.29, 1.82) is 5.26 Å². The Hall–Kier alpha value is -1.61. The van der Waals surface area contributed by atoms with Gasteiger partial charge in [-0.15, -0.1) is 0 Å². The summed E-state index contributed by atoms with van der Waals surface area (Å²) in [5, 5.41) is 11.7. The molecule has 106 valence electrons. The zero-order valence-corrected chi connectivity index (χ0v) is 11.5. The predicted octanol–water partition coefficient (Wildman–Crippen LogP) is 0.290. The van der Waals surface area contributed by atoms with Crippen LogP contribution in [0, 0.1) is 17.2 Å². The predicted molar refractivity (Wildman–Crippen MR) is 69.0 cm³/mol. The van der Waals surface area contributed by atoms with Gasteiger partial charge in [0.05, 0.1) is 19.3 Å². The van der Waals surface area contributed by atoms with Crippen LogP contribution < -0.4 is 5.32 Å². The molecule has 2 amide bonds. The minimum Gasteiger partial charge on any atom is -0.377 e. The van der Waals surface area contributed by atoms with E-state index in [-0.39, 0.29) is 18.4 Å². The second-order valence-corrected chi connectivity index (χ2v) is 4.50. The number of morpholine rings is 1. The SMILES string of the molecule is CCCNC(=O)C1COCCN1C(=O)C(C#N)CC. The van der Waals surface area contributed by atoms with Crippen LogP contribution in [0.15, 0.2) is 0 Å². The average molecular weight is 267 g/mol. The monoisotopic (exact) mass is 267 g/mol. The molecule has 0 bridgehead atoms. The molecule has 6 nitrogen and oxygen atoms in total. The highest BCUT2D eigenvalue weighted by atomic mass is 16.5. The minimum atomic E-state index is -0.681. The van der Waals surface area contributed by atoms with E-state index in [4.69, 9.17) is 10.00 Å². The van der Waals surface area contributed by atoms with Crippen LogP contribution in [-0.4, -0.2) is 49.1 Å². The van der Waals surface area contributed by atoms with Crippen molar-refractivity contribution in [2.45, 2.75) is 32.7 Å². The summed E-state index contributed by atoms with van der Waals surface area (Å²) < 4.78 is 5.27. The molecule has 19 heavy (non-hydrogen) atoms. The van der Waals surface area contributed by atoms with E-state index < -0.39 is 12.0 Å². The van der Waals surface area contributed by atoms with Crippen molar-refractivity contribution < 1.29 is 14.3 Å². The molecule has 1 heterocycles. The Morgan fingerprint density at radius 3 is 2.84 bits per heavy atom. The highest BCUT2D eigenvalue weighted by molar-refractivity contribution is 5.89. The van der Waals surface area contributed by atoms with Crippen molar-refractivity contribution in [3.8, 4) is 6.07 Å². The molecule has 1 N–H and O–H groups in total. The third kappa shape index (κ3) is 3.93. The first-order chi connectivity index (χ1) is 9.15. The van der Waals surface area contributed by atoms with E-state index in [0.717, 1.165) is 6.42 Å². The zero-order valence-electron chi connectivity index (χ0n) is 11.5. The number of hydrogen-bond donors (Lipinski definition) is 1. The maximum atomic E-state index is 12.2. The molecule has 0 aromatic rings. The van der Waals surface area contributed by atoms with Crippen molar-refractivity contribution >= 4 is 11.8 Å². The van der Waals surface area contributed by atoms with Crippen molar-refractivity contribution in [1.82, 2.24) is 10.2 Å². The quantitative estimate of drug-likeness (QED) is 0.776. The highest BCUT2D eigenvalue weighted by Gasteiger charge is 2.35. The van der Waals surface area contributed by atoms with Crippen LogP contribution >= 0.6 is 0 Å². The Morgan fingerprint density at radius 2 is 2.26 bits per heavy atom. The molecule has 0 aromatic carbocycles. The van der Waals surface area contributed by atoms with Crippen LogP contribution in [0.2, 0.25) is 0 Å². The molecular formula is C13H21N3O3. The smallest absolute Gasteiger partial charge is 0.245 e. The zero-order chi connectivity index (χ0) is 14.3. The van der Waals surface area contributed by atoms with E-state index in [0.29, 0.717) is 26.1 Å². The molecule has 6 heteroatoms. The molecular weight excluding hydrogens is 246 g/mol. The van der Waals surface area contributed by atoms with Crippen LogP contribution in [0.3, 0.4) is 0 Å². The molecule has 1 saturated heterocycles. The number of rotatable bonds is 5. The Labute approximate surface area is 113 Å². The first-order valence-corrected chi connectivity index (χ1v) is 6.71. The number of carbonyl (C=O) groups excluding carboxylic acids is 2. The van der Waals surface area contributed by atoms with Gasteiger partial charge < -0.3 is 15.0 Å². The Bertz CT molecular complexity index is 365. The van der Waals surface area contributed by atoms with Gasteiger partial charge in [-0.25, -0.2) is 0 Å². The van der Waals surface area contributed by atoms with Crippen molar-refractivity contribution in [2.75, 3.05) is 26.3 Å². The third-order valence-electron chi connectivity index (χ3n) is 3.13. The lowest BCUT2D eigenvalue weighted by Crippen LogP contribution is -2.57. The standard InChI is InChI=1S/C13H21N3O3/c1-3-5-15-12(17)11-9-19-7-6-16(11)13(18)10(4-2)8-14/h10-11H,3-7,9H2,1-2H3,(H,15,17). The molecule has 0 aromatic heterocycles. The van der Waals surface area contributed by atoms with Gasteiger partial charge in [0.25, 0.3) is 0 Å². The maximum absolute atomic E-state index is 12.2. The van der Waals surface area contributed by atoms with Crippen LogP contribution in [0.4, 0.5) is 0 Å². The van der Waals surface area contributed by atoms with Gasteiger partial charge in [0, 0.05) is 13.1 Å². The summed E-state index contributed by atoms with van der Waals surface area (Å²) in [6.45, 7) is 5.30. The number of nitriles is 1. The molecule has 0 saturated carbocycles. The van der Waals surface area contributed by atoms with Crippen molar-refractivity contribution in [2.24, 2.45) is 5.92 Å². The van der Waals surface area contributed by atoms with Gasteiger partial charge in [-0.3, -0.25) is 9.59 Å². The molecule has 0 radical (unpaired) electrons. The molecule has 1 aliphatic rings. The summed E-state index contributed by atoms with van der Waals surface area (Å²) in [5.41, 5.74) is 0. The highest BCUT2D eigenvalue weighted by Crippen LogP contribution is 2.14. The second-order valence-electron chi connectivity index (χ2n) is 4.50. The number of nitrogens with one attached hydrogen (secondary N) is 1. The van der Waals surface area contributed by atoms with E-state index in [1.54, 1.807) is 6.92 Å². The fraction of sp³-hybridized carbons (Fsp3) is 0.769. The lowest BCUT2D eigenvalue weighted by Gasteiger charge is -2.35. The van der Waals surface area contributed by atoms with Gasteiger partial charge in [0.1, 0.15) is 12.0 Å².